The van der Waals surface area contributed by atoms with Crippen LogP contribution in [-0.2, 0) is 14.8 Å². The predicted octanol–water partition coefficient (Wildman–Crippen LogP) is 1.54. The van der Waals surface area contributed by atoms with Crippen LogP contribution in [0.5, 0.6) is 0 Å². The van der Waals surface area contributed by atoms with Crippen molar-refractivity contribution in [1.29, 1.82) is 0 Å². The van der Waals surface area contributed by atoms with Crippen LogP contribution in [0.25, 0.3) is 0 Å². The summed E-state index contributed by atoms with van der Waals surface area (Å²) in [6.45, 7) is 3.37. The van der Waals surface area contributed by atoms with Crippen molar-refractivity contribution in [3.63, 3.8) is 0 Å². The molecule has 1 amide bonds. The zero-order valence-electron chi connectivity index (χ0n) is 11.9. The van der Waals surface area contributed by atoms with Gasteiger partial charge in [-0.3, -0.25) is 9.52 Å². The zero-order chi connectivity index (χ0) is 15.5. The number of hydrogen-bond acceptors (Lipinski definition) is 4. The highest BCUT2D eigenvalue weighted by atomic mass is 35.5. The second-order valence-corrected chi connectivity index (χ2v) is 6.45. The number of sulfonamides is 1. The third kappa shape index (κ3) is 6.28. The number of hydrogen-bond donors (Lipinski definition) is 3. The van der Waals surface area contributed by atoms with Crippen LogP contribution < -0.4 is 15.8 Å². The molecule has 0 aliphatic carbocycles. The first kappa shape index (κ1) is 19.6. The molecule has 0 spiro atoms. The Kier molecular flexibility index (Phi) is 7.08. The first-order valence-electron chi connectivity index (χ1n) is 5.94. The molecular weight excluding hydrogens is 321 g/mol. The molecule has 6 nitrogen and oxygen atoms in total. The summed E-state index contributed by atoms with van der Waals surface area (Å²) in [4.78, 5) is 11.8. The minimum Gasteiger partial charge on any atom is -0.327 e. The molecular formula is C12H19ClFN3O3S. The van der Waals surface area contributed by atoms with Gasteiger partial charge in [-0.25, -0.2) is 12.8 Å². The van der Waals surface area contributed by atoms with E-state index in [1.165, 1.54) is 12.1 Å². The van der Waals surface area contributed by atoms with Crippen molar-refractivity contribution in [2.45, 2.75) is 19.9 Å². The van der Waals surface area contributed by atoms with Gasteiger partial charge < -0.3 is 11.1 Å². The van der Waals surface area contributed by atoms with E-state index in [1.807, 2.05) is 4.72 Å². The van der Waals surface area contributed by atoms with E-state index in [2.05, 4.69) is 5.32 Å². The molecule has 21 heavy (non-hydrogen) atoms. The third-order valence-corrected chi connectivity index (χ3v) is 3.32. The second-order valence-electron chi connectivity index (χ2n) is 4.71. The van der Waals surface area contributed by atoms with Gasteiger partial charge in [0.1, 0.15) is 5.82 Å². The Labute approximate surface area is 129 Å². The van der Waals surface area contributed by atoms with Gasteiger partial charge in [0.2, 0.25) is 15.9 Å². The molecule has 2 atom stereocenters. The number of rotatable bonds is 5. The summed E-state index contributed by atoms with van der Waals surface area (Å²) in [5, 5.41) is 2.56. The van der Waals surface area contributed by atoms with Gasteiger partial charge in [0.15, 0.2) is 0 Å². The van der Waals surface area contributed by atoms with E-state index in [9.17, 15) is 17.6 Å². The lowest BCUT2D eigenvalue weighted by Gasteiger charge is -2.16. The van der Waals surface area contributed by atoms with Crippen LogP contribution in [0, 0.1) is 11.7 Å². The number of halogens is 2. The Hall–Kier alpha value is -1.38. The molecule has 1 aromatic rings. The Morgan fingerprint density at radius 2 is 1.90 bits per heavy atom. The topological polar surface area (TPSA) is 101 Å². The molecule has 1 aromatic carbocycles. The van der Waals surface area contributed by atoms with E-state index in [0.717, 1.165) is 12.3 Å². The van der Waals surface area contributed by atoms with E-state index >= 15 is 0 Å². The van der Waals surface area contributed by atoms with E-state index in [0.29, 0.717) is 0 Å². The lowest BCUT2D eigenvalue weighted by molar-refractivity contribution is -0.119. The van der Waals surface area contributed by atoms with Gasteiger partial charge in [-0.2, -0.15) is 0 Å². The Balaban J connectivity index is 0.00000400. The van der Waals surface area contributed by atoms with E-state index in [1.54, 1.807) is 13.8 Å². The largest absolute Gasteiger partial charge is 0.327 e. The maximum Gasteiger partial charge on any atom is 0.229 e. The molecule has 0 radical (unpaired) electrons. The quantitative estimate of drug-likeness (QED) is 0.757. The highest BCUT2D eigenvalue weighted by molar-refractivity contribution is 7.92. The third-order valence-electron chi connectivity index (χ3n) is 2.73. The summed E-state index contributed by atoms with van der Waals surface area (Å²) in [5.41, 5.74) is 5.68. The zero-order valence-corrected chi connectivity index (χ0v) is 13.5. The van der Waals surface area contributed by atoms with Gasteiger partial charge in [0.05, 0.1) is 17.9 Å². The smallest absolute Gasteiger partial charge is 0.229 e. The van der Waals surface area contributed by atoms with E-state index in [4.69, 9.17) is 5.73 Å². The lowest BCUT2D eigenvalue weighted by Crippen LogP contribution is -2.34. The molecule has 0 saturated carbocycles. The number of nitrogens with two attached hydrogens (primary N) is 1. The fourth-order valence-corrected chi connectivity index (χ4v) is 1.93. The average molecular weight is 340 g/mol. The Morgan fingerprint density at radius 1 is 1.33 bits per heavy atom. The average Bonchev–Trinajstić information content (AvgIpc) is 2.30. The minimum atomic E-state index is -3.60. The molecule has 2 unspecified atom stereocenters. The van der Waals surface area contributed by atoms with Crippen molar-refractivity contribution < 1.29 is 17.6 Å². The highest BCUT2D eigenvalue weighted by Crippen LogP contribution is 2.21. The van der Waals surface area contributed by atoms with Crippen LogP contribution >= 0.6 is 12.4 Å². The maximum atomic E-state index is 13.5. The SMILES string of the molecule is CC(N)C(C)C(=O)Nc1ccc(F)c(NS(C)(=O)=O)c1.Cl. The van der Waals surface area contributed by atoms with Crippen LogP contribution in [0.2, 0.25) is 0 Å². The number of anilines is 2. The summed E-state index contributed by atoms with van der Waals surface area (Å²) in [6.07, 6.45) is 0.913. The number of carbonyl (C=O) groups is 1. The number of benzene rings is 1. The van der Waals surface area contributed by atoms with Crippen LogP contribution in [0.3, 0.4) is 0 Å². The van der Waals surface area contributed by atoms with Crippen molar-refractivity contribution in [1.82, 2.24) is 0 Å². The van der Waals surface area contributed by atoms with Crippen molar-refractivity contribution >= 4 is 39.7 Å². The summed E-state index contributed by atoms with van der Waals surface area (Å²) in [5.74, 6) is -1.48. The van der Waals surface area contributed by atoms with Gasteiger partial charge in [0, 0.05) is 11.7 Å². The van der Waals surface area contributed by atoms with E-state index in [-0.39, 0.29) is 35.7 Å². The fraction of sp³-hybridized carbons (Fsp3) is 0.417. The standard InChI is InChI=1S/C12H18FN3O3S.ClH/c1-7(8(2)14)12(17)15-9-4-5-10(13)11(6-9)16-20(3,18)19;/h4-8,16H,14H2,1-3H3,(H,15,17);1H. The van der Waals surface area contributed by atoms with Gasteiger partial charge in [-0.05, 0) is 25.1 Å². The summed E-state index contributed by atoms with van der Waals surface area (Å²) < 4.78 is 37.7. The van der Waals surface area contributed by atoms with Crippen LogP contribution in [0.4, 0.5) is 15.8 Å². The molecule has 1 rings (SSSR count). The van der Waals surface area contributed by atoms with Crippen molar-refractivity contribution in [2.75, 3.05) is 16.3 Å². The van der Waals surface area contributed by atoms with Crippen molar-refractivity contribution in [2.24, 2.45) is 11.7 Å². The number of carbonyl (C=O) groups excluding carboxylic acids is 1. The molecule has 0 aromatic heterocycles. The molecule has 120 valence electrons. The van der Waals surface area contributed by atoms with E-state index < -0.39 is 21.8 Å². The van der Waals surface area contributed by atoms with Crippen molar-refractivity contribution in [3.05, 3.63) is 24.0 Å². The van der Waals surface area contributed by atoms with Gasteiger partial charge in [0.25, 0.3) is 0 Å². The van der Waals surface area contributed by atoms with Gasteiger partial charge in [-0.1, -0.05) is 6.92 Å². The van der Waals surface area contributed by atoms with Gasteiger partial charge >= 0.3 is 0 Å². The molecule has 4 N–H and O–H groups in total. The van der Waals surface area contributed by atoms with Crippen LogP contribution in [-0.4, -0.2) is 26.6 Å². The van der Waals surface area contributed by atoms with Crippen molar-refractivity contribution in [3.8, 4) is 0 Å². The summed E-state index contributed by atoms with van der Waals surface area (Å²) >= 11 is 0. The first-order chi connectivity index (χ1) is 9.10. The molecule has 0 saturated heterocycles. The Bertz CT molecular complexity index is 608. The minimum absolute atomic E-state index is 0. The molecule has 0 bridgehead atoms. The van der Waals surface area contributed by atoms with Crippen LogP contribution in [0.15, 0.2) is 18.2 Å². The molecule has 0 heterocycles. The highest BCUT2D eigenvalue weighted by Gasteiger charge is 2.17. The second kappa shape index (κ2) is 7.58. The number of amides is 1. The fourth-order valence-electron chi connectivity index (χ4n) is 1.38. The first-order valence-corrected chi connectivity index (χ1v) is 7.83. The van der Waals surface area contributed by atoms with Crippen LogP contribution in [0.1, 0.15) is 13.8 Å². The lowest BCUT2D eigenvalue weighted by atomic mass is 10.0. The summed E-state index contributed by atoms with van der Waals surface area (Å²) in [6, 6.07) is 3.29. The summed E-state index contributed by atoms with van der Waals surface area (Å²) in [7, 11) is -3.60. The Morgan fingerprint density at radius 3 is 2.38 bits per heavy atom. The van der Waals surface area contributed by atoms with Gasteiger partial charge in [-0.15, -0.1) is 12.4 Å². The normalized spacial score (nSPS) is 13.8. The molecule has 0 aliphatic rings. The molecule has 0 fully saturated rings. The maximum absolute atomic E-state index is 13.5. The monoisotopic (exact) mass is 339 g/mol. The number of nitrogens with one attached hydrogen (secondary N) is 2. The predicted molar refractivity (Wildman–Crippen MR) is 83.6 cm³/mol. The molecule has 0 aliphatic heterocycles. The molecule has 9 heteroatoms.